The molecule has 0 spiro atoms. The first-order valence-corrected chi connectivity index (χ1v) is 3.65. The molecule has 3 heteroatoms. The molecule has 1 unspecified atom stereocenters. The van der Waals surface area contributed by atoms with Gasteiger partial charge in [0, 0.05) is 25.7 Å². The topological polar surface area (TPSA) is 47.3 Å². The van der Waals surface area contributed by atoms with Crippen molar-refractivity contribution in [3.63, 3.8) is 0 Å². The summed E-state index contributed by atoms with van der Waals surface area (Å²) in [4.78, 5) is 0. The molecule has 0 aliphatic carbocycles. The van der Waals surface area contributed by atoms with Crippen molar-refractivity contribution < 1.29 is 4.74 Å². The molecule has 3 nitrogen and oxygen atoms in total. The van der Waals surface area contributed by atoms with Gasteiger partial charge in [-0.15, -0.1) is 0 Å². The fourth-order valence-corrected chi connectivity index (χ4v) is 0.857. The molecule has 0 aromatic carbocycles. The highest BCUT2D eigenvalue weighted by molar-refractivity contribution is 4.68. The number of hydrogen-bond donors (Lipinski definition) is 2. The van der Waals surface area contributed by atoms with Gasteiger partial charge < -0.3 is 15.8 Å². The zero-order chi connectivity index (χ0) is 7.98. The van der Waals surface area contributed by atoms with E-state index in [-0.39, 0.29) is 0 Å². The molecule has 0 heterocycles. The predicted octanol–water partition coefficient (Wildman–Crippen LogP) is -0.0419. The summed E-state index contributed by atoms with van der Waals surface area (Å²) in [5.74, 6) is 0. The first-order chi connectivity index (χ1) is 4.70. The molecule has 0 amide bonds. The highest BCUT2D eigenvalue weighted by Crippen LogP contribution is 1.85. The molecule has 0 rings (SSSR count). The van der Waals surface area contributed by atoms with E-state index >= 15 is 0 Å². The van der Waals surface area contributed by atoms with E-state index in [0.29, 0.717) is 25.2 Å². The second kappa shape index (κ2) is 5.65. The highest BCUT2D eigenvalue weighted by Gasteiger charge is 2.05. The zero-order valence-corrected chi connectivity index (χ0v) is 7.05. The molecule has 0 radical (unpaired) electrons. The second-order valence-corrected chi connectivity index (χ2v) is 2.71. The van der Waals surface area contributed by atoms with Gasteiger partial charge in [-0.3, -0.25) is 0 Å². The van der Waals surface area contributed by atoms with Crippen LogP contribution in [0.3, 0.4) is 0 Å². The number of nitrogens with one attached hydrogen (secondary N) is 1. The lowest BCUT2D eigenvalue weighted by Gasteiger charge is -2.18. The molecule has 0 aliphatic heterocycles. The highest BCUT2D eigenvalue weighted by atomic mass is 16.5. The lowest BCUT2D eigenvalue weighted by Crippen LogP contribution is -2.43. The Morgan fingerprint density at radius 1 is 1.50 bits per heavy atom. The maximum Gasteiger partial charge on any atom is 0.0628 e. The van der Waals surface area contributed by atoms with Crippen LogP contribution in [-0.2, 0) is 4.74 Å². The van der Waals surface area contributed by atoms with Gasteiger partial charge in [0.2, 0.25) is 0 Å². The van der Waals surface area contributed by atoms with Crippen molar-refractivity contribution in [3.05, 3.63) is 0 Å². The average molecular weight is 146 g/mol. The monoisotopic (exact) mass is 146 g/mol. The van der Waals surface area contributed by atoms with Crippen LogP contribution in [0.5, 0.6) is 0 Å². The molecule has 0 saturated heterocycles. The van der Waals surface area contributed by atoms with E-state index in [9.17, 15) is 0 Å². The molecule has 0 aliphatic rings. The van der Waals surface area contributed by atoms with Crippen LogP contribution in [-0.4, -0.2) is 32.3 Å². The molecule has 10 heavy (non-hydrogen) atoms. The fourth-order valence-electron chi connectivity index (χ4n) is 0.857. The first kappa shape index (κ1) is 9.88. The van der Waals surface area contributed by atoms with Gasteiger partial charge in [-0.25, -0.2) is 0 Å². The van der Waals surface area contributed by atoms with E-state index in [0.717, 1.165) is 0 Å². The summed E-state index contributed by atoms with van der Waals surface area (Å²) < 4.78 is 4.95. The smallest absolute Gasteiger partial charge is 0.0628 e. The summed E-state index contributed by atoms with van der Waals surface area (Å²) in [6, 6.07) is 0.772. The molecule has 0 aromatic rings. The van der Waals surface area contributed by atoms with Crippen LogP contribution in [0.4, 0.5) is 0 Å². The van der Waals surface area contributed by atoms with E-state index in [2.05, 4.69) is 19.2 Å². The minimum Gasteiger partial charge on any atom is -0.383 e. The Morgan fingerprint density at radius 3 is 2.40 bits per heavy atom. The summed E-state index contributed by atoms with van der Waals surface area (Å²) in [6.07, 6.45) is 0. The Hall–Kier alpha value is -0.120. The van der Waals surface area contributed by atoms with E-state index in [1.165, 1.54) is 0 Å². The maximum atomic E-state index is 5.46. The quantitative estimate of drug-likeness (QED) is 0.572. The molecule has 0 saturated carbocycles. The Bertz CT molecular complexity index is 76.0. The minimum absolute atomic E-state index is 0.296. The fraction of sp³-hybridized carbons (Fsp3) is 1.00. The second-order valence-electron chi connectivity index (χ2n) is 2.71. The SMILES string of the molecule is COCC(CN)NC(C)C. The van der Waals surface area contributed by atoms with Gasteiger partial charge >= 0.3 is 0 Å². The third-order valence-electron chi connectivity index (χ3n) is 1.22. The maximum absolute atomic E-state index is 5.46. The summed E-state index contributed by atoms with van der Waals surface area (Å²) in [6.45, 7) is 5.51. The Kier molecular flexibility index (Phi) is 5.58. The van der Waals surface area contributed by atoms with Crippen LogP contribution >= 0.6 is 0 Å². The predicted molar refractivity (Wildman–Crippen MR) is 43.0 cm³/mol. The first-order valence-electron chi connectivity index (χ1n) is 3.65. The van der Waals surface area contributed by atoms with Gasteiger partial charge in [0.05, 0.1) is 6.61 Å². The third kappa shape index (κ3) is 4.73. The van der Waals surface area contributed by atoms with E-state index < -0.39 is 0 Å². The number of nitrogens with two attached hydrogens (primary N) is 1. The van der Waals surface area contributed by atoms with Crippen LogP contribution in [0.1, 0.15) is 13.8 Å². The molecular formula is C7H18N2O. The number of ether oxygens (including phenoxy) is 1. The van der Waals surface area contributed by atoms with Crippen LogP contribution < -0.4 is 11.1 Å². The lowest BCUT2D eigenvalue weighted by atomic mass is 10.2. The Balaban J connectivity index is 3.39. The van der Waals surface area contributed by atoms with E-state index in [1.807, 2.05) is 0 Å². The average Bonchev–Trinajstić information content (AvgIpc) is 1.86. The van der Waals surface area contributed by atoms with Crippen molar-refractivity contribution in [2.45, 2.75) is 25.9 Å². The number of hydrogen-bond acceptors (Lipinski definition) is 3. The van der Waals surface area contributed by atoms with Crippen molar-refractivity contribution in [3.8, 4) is 0 Å². The molecule has 62 valence electrons. The molecule has 1 atom stereocenters. The largest absolute Gasteiger partial charge is 0.383 e. The van der Waals surface area contributed by atoms with Crippen LogP contribution in [0, 0.1) is 0 Å². The van der Waals surface area contributed by atoms with E-state index in [4.69, 9.17) is 10.5 Å². The van der Waals surface area contributed by atoms with E-state index in [1.54, 1.807) is 7.11 Å². The molecule has 0 bridgehead atoms. The molecule has 0 aromatic heterocycles. The van der Waals surface area contributed by atoms with Gasteiger partial charge in [0.1, 0.15) is 0 Å². The standard InChI is InChI=1S/C7H18N2O/c1-6(2)9-7(4-8)5-10-3/h6-7,9H,4-5,8H2,1-3H3. The molecule has 0 fully saturated rings. The Morgan fingerprint density at radius 2 is 2.10 bits per heavy atom. The molecule has 3 N–H and O–H groups in total. The van der Waals surface area contributed by atoms with Crippen molar-refractivity contribution in [2.75, 3.05) is 20.3 Å². The van der Waals surface area contributed by atoms with Crippen LogP contribution in [0.25, 0.3) is 0 Å². The van der Waals surface area contributed by atoms with Crippen LogP contribution in [0.15, 0.2) is 0 Å². The van der Waals surface area contributed by atoms with Crippen molar-refractivity contribution in [1.29, 1.82) is 0 Å². The zero-order valence-electron chi connectivity index (χ0n) is 7.05. The van der Waals surface area contributed by atoms with Crippen LogP contribution in [0.2, 0.25) is 0 Å². The lowest BCUT2D eigenvalue weighted by molar-refractivity contribution is 0.165. The number of methoxy groups -OCH3 is 1. The van der Waals surface area contributed by atoms with Crippen molar-refractivity contribution >= 4 is 0 Å². The van der Waals surface area contributed by atoms with Gasteiger partial charge in [-0.05, 0) is 0 Å². The number of rotatable bonds is 5. The van der Waals surface area contributed by atoms with Crippen molar-refractivity contribution in [2.24, 2.45) is 5.73 Å². The molecular weight excluding hydrogens is 128 g/mol. The van der Waals surface area contributed by atoms with Gasteiger partial charge in [-0.1, -0.05) is 13.8 Å². The van der Waals surface area contributed by atoms with Crippen molar-refractivity contribution in [1.82, 2.24) is 5.32 Å². The minimum atomic E-state index is 0.296. The summed E-state index contributed by atoms with van der Waals surface area (Å²) in [5, 5.41) is 3.28. The van der Waals surface area contributed by atoms with Gasteiger partial charge in [0.25, 0.3) is 0 Å². The van der Waals surface area contributed by atoms with Gasteiger partial charge in [0.15, 0.2) is 0 Å². The Labute approximate surface area is 62.9 Å². The summed E-state index contributed by atoms with van der Waals surface area (Å²) in [5.41, 5.74) is 5.46. The van der Waals surface area contributed by atoms with Gasteiger partial charge in [-0.2, -0.15) is 0 Å². The summed E-state index contributed by atoms with van der Waals surface area (Å²) >= 11 is 0. The summed E-state index contributed by atoms with van der Waals surface area (Å²) in [7, 11) is 1.69. The normalized spacial score (nSPS) is 14.1. The third-order valence-corrected chi connectivity index (χ3v) is 1.22.